The minimum absolute atomic E-state index is 0.371. The van der Waals surface area contributed by atoms with E-state index in [1.165, 1.54) is 12.8 Å². The minimum Gasteiger partial charge on any atom is -0.407 e. The SMILES string of the molecule is CCNCc1nnc(NC(C)CCCC(C)C)o1. The average Bonchev–Trinajstić information content (AvgIpc) is 2.73. The molecule has 5 nitrogen and oxygen atoms in total. The molecule has 0 spiro atoms. The molecule has 0 aliphatic carbocycles. The summed E-state index contributed by atoms with van der Waals surface area (Å²) in [6, 6.07) is 0.899. The van der Waals surface area contributed by atoms with Crippen molar-refractivity contribution in [2.24, 2.45) is 5.92 Å². The summed E-state index contributed by atoms with van der Waals surface area (Å²) in [4.78, 5) is 0. The van der Waals surface area contributed by atoms with E-state index in [9.17, 15) is 0 Å². The Morgan fingerprint density at radius 2 is 1.94 bits per heavy atom. The average molecular weight is 254 g/mol. The smallest absolute Gasteiger partial charge is 0.315 e. The van der Waals surface area contributed by atoms with Crippen LogP contribution in [0.15, 0.2) is 4.42 Å². The lowest BCUT2D eigenvalue weighted by Gasteiger charge is -2.12. The Labute approximate surface area is 110 Å². The van der Waals surface area contributed by atoms with Crippen LogP contribution in [0.3, 0.4) is 0 Å². The van der Waals surface area contributed by atoms with Crippen LogP contribution in [-0.4, -0.2) is 22.8 Å². The highest BCUT2D eigenvalue weighted by Gasteiger charge is 2.09. The molecule has 1 aromatic rings. The Bertz CT molecular complexity index is 325. The summed E-state index contributed by atoms with van der Waals surface area (Å²) in [7, 11) is 0. The topological polar surface area (TPSA) is 63.0 Å². The van der Waals surface area contributed by atoms with E-state index in [4.69, 9.17) is 4.42 Å². The summed E-state index contributed by atoms with van der Waals surface area (Å²) < 4.78 is 5.49. The summed E-state index contributed by atoms with van der Waals surface area (Å²) in [6.07, 6.45) is 3.62. The fourth-order valence-electron chi connectivity index (χ4n) is 1.73. The van der Waals surface area contributed by atoms with Gasteiger partial charge in [0.15, 0.2) is 0 Å². The van der Waals surface area contributed by atoms with Crippen LogP contribution < -0.4 is 10.6 Å². The molecule has 0 saturated heterocycles. The lowest BCUT2D eigenvalue weighted by atomic mass is 10.0. The van der Waals surface area contributed by atoms with Gasteiger partial charge in [-0.15, -0.1) is 5.10 Å². The van der Waals surface area contributed by atoms with Crippen molar-refractivity contribution in [2.45, 2.75) is 59.5 Å². The van der Waals surface area contributed by atoms with Crippen LogP contribution in [-0.2, 0) is 6.54 Å². The van der Waals surface area contributed by atoms with Gasteiger partial charge >= 0.3 is 6.01 Å². The van der Waals surface area contributed by atoms with Crippen molar-refractivity contribution in [1.29, 1.82) is 0 Å². The number of anilines is 1. The maximum absolute atomic E-state index is 5.49. The molecule has 0 bridgehead atoms. The predicted octanol–water partition coefficient (Wildman–Crippen LogP) is 2.81. The van der Waals surface area contributed by atoms with E-state index < -0.39 is 0 Å². The first-order valence-electron chi connectivity index (χ1n) is 6.91. The van der Waals surface area contributed by atoms with E-state index in [1.54, 1.807) is 0 Å². The number of nitrogens with zero attached hydrogens (tertiary/aromatic N) is 2. The second kappa shape index (κ2) is 8.08. The lowest BCUT2D eigenvalue weighted by molar-refractivity contribution is 0.470. The molecule has 2 N–H and O–H groups in total. The van der Waals surface area contributed by atoms with Crippen molar-refractivity contribution < 1.29 is 4.42 Å². The molecule has 1 aromatic heterocycles. The van der Waals surface area contributed by atoms with Crippen LogP contribution in [0.4, 0.5) is 6.01 Å². The van der Waals surface area contributed by atoms with Gasteiger partial charge in [-0.05, 0) is 25.8 Å². The normalized spacial score (nSPS) is 12.9. The summed E-state index contributed by atoms with van der Waals surface area (Å²) >= 11 is 0. The van der Waals surface area contributed by atoms with E-state index in [0.717, 1.165) is 18.9 Å². The van der Waals surface area contributed by atoms with Gasteiger partial charge in [-0.2, -0.15) is 0 Å². The maximum Gasteiger partial charge on any atom is 0.315 e. The first kappa shape index (κ1) is 15.0. The number of nitrogens with one attached hydrogen (secondary N) is 2. The van der Waals surface area contributed by atoms with E-state index in [2.05, 4.69) is 41.6 Å². The molecule has 0 aliphatic heterocycles. The molecule has 5 heteroatoms. The van der Waals surface area contributed by atoms with Crippen molar-refractivity contribution in [3.63, 3.8) is 0 Å². The highest BCUT2D eigenvalue weighted by molar-refractivity contribution is 5.18. The van der Waals surface area contributed by atoms with Gasteiger partial charge < -0.3 is 15.1 Å². The fraction of sp³-hybridized carbons (Fsp3) is 0.846. The summed E-state index contributed by atoms with van der Waals surface area (Å²) in [5.41, 5.74) is 0. The highest BCUT2D eigenvalue weighted by Crippen LogP contribution is 2.12. The van der Waals surface area contributed by atoms with Gasteiger partial charge in [0.25, 0.3) is 0 Å². The molecule has 0 saturated carbocycles. The molecule has 0 aromatic carbocycles. The van der Waals surface area contributed by atoms with Gasteiger partial charge in [0.2, 0.25) is 5.89 Å². The summed E-state index contributed by atoms with van der Waals surface area (Å²) in [6.45, 7) is 10.2. The second-order valence-corrected chi connectivity index (χ2v) is 5.15. The van der Waals surface area contributed by atoms with Crippen LogP contribution in [0.25, 0.3) is 0 Å². The Morgan fingerprint density at radius 3 is 2.61 bits per heavy atom. The van der Waals surface area contributed by atoms with Gasteiger partial charge in [0.05, 0.1) is 6.54 Å². The third-order valence-electron chi connectivity index (χ3n) is 2.78. The minimum atomic E-state index is 0.371. The first-order valence-corrected chi connectivity index (χ1v) is 6.91. The van der Waals surface area contributed by atoms with Crippen LogP contribution in [0, 0.1) is 5.92 Å². The van der Waals surface area contributed by atoms with Crippen molar-refractivity contribution in [1.82, 2.24) is 15.5 Å². The molecule has 0 fully saturated rings. The Morgan fingerprint density at radius 1 is 1.17 bits per heavy atom. The summed E-state index contributed by atoms with van der Waals surface area (Å²) in [5.74, 6) is 1.40. The van der Waals surface area contributed by atoms with Crippen LogP contribution in [0.5, 0.6) is 0 Å². The predicted molar refractivity (Wildman–Crippen MR) is 73.5 cm³/mol. The molecule has 18 heavy (non-hydrogen) atoms. The van der Waals surface area contributed by atoms with E-state index in [1.807, 2.05) is 6.92 Å². The summed E-state index contributed by atoms with van der Waals surface area (Å²) in [5, 5.41) is 14.4. The van der Waals surface area contributed by atoms with Crippen molar-refractivity contribution >= 4 is 6.01 Å². The maximum atomic E-state index is 5.49. The largest absolute Gasteiger partial charge is 0.407 e. The molecule has 1 rings (SSSR count). The number of hydrogen-bond donors (Lipinski definition) is 2. The molecule has 104 valence electrons. The molecular formula is C13H26N4O. The third kappa shape index (κ3) is 6.00. The van der Waals surface area contributed by atoms with Gasteiger partial charge in [0, 0.05) is 6.04 Å². The molecule has 1 unspecified atom stereocenters. The molecule has 0 radical (unpaired) electrons. The number of hydrogen-bond acceptors (Lipinski definition) is 5. The Kier molecular flexibility index (Phi) is 6.72. The van der Waals surface area contributed by atoms with Gasteiger partial charge in [0.1, 0.15) is 0 Å². The van der Waals surface area contributed by atoms with Crippen LogP contribution in [0.2, 0.25) is 0 Å². The first-order chi connectivity index (χ1) is 8.61. The number of aromatic nitrogens is 2. The van der Waals surface area contributed by atoms with Gasteiger partial charge in [-0.3, -0.25) is 0 Å². The third-order valence-corrected chi connectivity index (χ3v) is 2.78. The monoisotopic (exact) mass is 254 g/mol. The van der Waals surface area contributed by atoms with E-state index in [0.29, 0.717) is 24.5 Å². The van der Waals surface area contributed by atoms with Crippen LogP contribution in [0.1, 0.15) is 52.8 Å². The molecular weight excluding hydrogens is 228 g/mol. The zero-order chi connectivity index (χ0) is 13.4. The Balaban J connectivity index is 2.26. The molecule has 0 amide bonds. The molecule has 1 heterocycles. The quantitative estimate of drug-likeness (QED) is 0.709. The second-order valence-electron chi connectivity index (χ2n) is 5.15. The number of rotatable bonds is 9. The van der Waals surface area contributed by atoms with Crippen LogP contribution >= 0.6 is 0 Å². The zero-order valence-electron chi connectivity index (χ0n) is 12.0. The fourth-order valence-corrected chi connectivity index (χ4v) is 1.73. The van der Waals surface area contributed by atoms with E-state index in [-0.39, 0.29) is 0 Å². The van der Waals surface area contributed by atoms with Crippen molar-refractivity contribution in [3.05, 3.63) is 5.89 Å². The highest BCUT2D eigenvalue weighted by atomic mass is 16.4. The van der Waals surface area contributed by atoms with Crippen molar-refractivity contribution in [3.8, 4) is 0 Å². The van der Waals surface area contributed by atoms with Crippen molar-refractivity contribution in [2.75, 3.05) is 11.9 Å². The molecule has 1 atom stereocenters. The molecule has 0 aliphatic rings. The van der Waals surface area contributed by atoms with Gasteiger partial charge in [-0.25, -0.2) is 0 Å². The Hall–Kier alpha value is -1.10. The standard InChI is InChI=1S/C13H26N4O/c1-5-14-9-12-16-17-13(18-12)15-11(4)8-6-7-10(2)3/h10-11,14H,5-9H2,1-4H3,(H,15,17). The zero-order valence-corrected chi connectivity index (χ0v) is 12.0. The van der Waals surface area contributed by atoms with Gasteiger partial charge in [-0.1, -0.05) is 38.7 Å². The van der Waals surface area contributed by atoms with E-state index >= 15 is 0 Å². The lowest BCUT2D eigenvalue weighted by Crippen LogP contribution is -2.15.